The van der Waals surface area contributed by atoms with Gasteiger partial charge in [-0.05, 0) is 30.3 Å². The second-order valence-corrected chi connectivity index (χ2v) is 5.42. The summed E-state index contributed by atoms with van der Waals surface area (Å²) < 4.78 is 23.5. The topological polar surface area (TPSA) is 64.6 Å². The molecule has 0 atom stereocenters. The normalized spacial score (nSPS) is 10.0. The van der Waals surface area contributed by atoms with Crippen LogP contribution in [0.3, 0.4) is 0 Å². The summed E-state index contributed by atoms with van der Waals surface area (Å²) in [6, 6.07) is 10.4. The first-order valence-electron chi connectivity index (χ1n) is 6.55. The Kier molecular flexibility index (Phi) is 5.70. The zero-order valence-corrected chi connectivity index (χ0v) is 13.7. The van der Waals surface area contributed by atoms with Crippen LogP contribution in [0.15, 0.2) is 46.9 Å². The summed E-state index contributed by atoms with van der Waals surface area (Å²) in [6.07, 6.45) is 0. The van der Waals surface area contributed by atoms with E-state index in [4.69, 9.17) is 4.74 Å². The third-order valence-corrected chi connectivity index (χ3v) is 3.26. The SMILES string of the molecule is COC(=O)COc1cccc(NC(=O)c2cc(F)cc(Br)c2)c1. The number of amides is 1. The Bertz CT molecular complexity index is 716. The number of benzene rings is 2. The maximum absolute atomic E-state index is 13.3. The van der Waals surface area contributed by atoms with E-state index in [-0.39, 0.29) is 12.2 Å². The molecule has 2 aromatic carbocycles. The molecule has 0 bridgehead atoms. The van der Waals surface area contributed by atoms with Gasteiger partial charge in [-0.15, -0.1) is 0 Å². The molecule has 0 saturated heterocycles. The van der Waals surface area contributed by atoms with Crippen molar-refractivity contribution in [2.24, 2.45) is 0 Å². The second-order valence-electron chi connectivity index (χ2n) is 4.50. The standard InChI is InChI=1S/C16H13BrFNO4/c1-22-15(20)9-23-14-4-2-3-13(8-14)19-16(21)10-5-11(17)7-12(18)6-10/h2-8H,9H2,1H3,(H,19,21). The van der Waals surface area contributed by atoms with Crippen LogP contribution in [0.25, 0.3) is 0 Å². The Morgan fingerprint density at radius 1 is 1.22 bits per heavy atom. The van der Waals surface area contributed by atoms with Crippen LogP contribution in [0.1, 0.15) is 10.4 Å². The van der Waals surface area contributed by atoms with Crippen LogP contribution in [0, 0.1) is 5.82 Å². The van der Waals surface area contributed by atoms with E-state index in [9.17, 15) is 14.0 Å². The number of nitrogens with one attached hydrogen (secondary N) is 1. The Morgan fingerprint density at radius 3 is 2.70 bits per heavy atom. The van der Waals surface area contributed by atoms with E-state index >= 15 is 0 Å². The van der Waals surface area contributed by atoms with Gasteiger partial charge in [-0.1, -0.05) is 22.0 Å². The summed E-state index contributed by atoms with van der Waals surface area (Å²) in [4.78, 5) is 23.2. The van der Waals surface area contributed by atoms with Crippen LogP contribution in [0.2, 0.25) is 0 Å². The van der Waals surface area contributed by atoms with E-state index in [0.717, 1.165) is 6.07 Å². The summed E-state index contributed by atoms with van der Waals surface area (Å²) in [6.45, 7) is -0.231. The van der Waals surface area contributed by atoms with E-state index in [2.05, 4.69) is 26.0 Å². The monoisotopic (exact) mass is 381 g/mol. The van der Waals surface area contributed by atoms with Gasteiger partial charge in [0.25, 0.3) is 5.91 Å². The first kappa shape index (κ1) is 17.0. The number of carbonyl (C=O) groups is 2. The molecule has 2 aromatic rings. The number of carbonyl (C=O) groups excluding carboxylic acids is 2. The molecule has 2 rings (SSSR count). The average Bonchev–Trinajstić information content (AvgIpc) is 2.52. The van der Waals surface area contributed by atoms with Gasteiger partial charge in [0, 0.05) is 21.8 Å². The van der Waals surface area contributed by atoms with Crippen molar-refractivity contribution in [2.75, 3.05) is 19.0 Å². The van der Waals surface area contributed by atoms with Crippen LogP contribution in [0.4, 0.5) is 10.1 Å². The molecule has 0 saturated carbocycles. The molecule has 0 fully saturated rings. The number of ether oxygens (including phenoxy) is 2. The molecule has 23 heavy (non-hydrogen) atoms. The first-order valence-corrected chi connectivity index (χ1v) is 7.34. The zero-order chi connectivity index (χ0) is 16.8. The minimum absolute atomic E-state index is 0.178. The largest absolute Gasteiger partial charge is 0.482 e. The van der Waals surface area contributed by atoms with Crippen molar-refractivity contribution in [2.45, 2.75) is 0 Å². The maximum Gasteiger partial charge on any atom is 0.343 e. The van der Waals surface area contributed by atoms with Crippen LogP contribution in [-0.4, -0.2) is 25.6 Å². The average molecular weight is 382 g/mol. The lowest BCUT2D eigenvalue weighted by Crippen LogP contribution is -2.14. The number of hydrogen-bond donors (Lipinski definition) is 1. The van der Waals surface area contributed by atoms with Crippen molar-refractivity contribution >= 4 is 33.5 Å². The molecule has 0 aliphatic carbocycles. The van der Waals surface area contributed by atoms with Crippen molar-refractivity contribution in [3.05, 3.63) is 58.3 Å². The van der Waals surface area contributed by atoms with Gasteiger partial charge in [-0.2, -0.15) is 0 Å². The van der Waals surface area contributed by atoms with Crippen LogP contribution in [-0.2, 0) is 9.53 Å². The molecule has 5 nitrogen and oxygen atoms in total. The van der Waals surface area contributed by atoms with Gasteiger partial charge in [0.2, 0.25) is 0 Å². The maximum atomic E-state index is 13.3. The highest BCUT2D eigenvalue weighted by Crippen LogP contribution is 2.20. The van der Waals surface area contributed by atoms with E-state index in [0.29, 0.717) is 15.9 Å². The van der Waals surface area contributed by atoms with Crippen LogP contribution >= 0.6 is 15.9 Å². The minimum Gasteiger partial charge on any atom is -0.482 e. The summed E-state index contributed by atoms with van der Waals surface area (Å²) >= 11 is 3.14. The summed E-state index contributed by atoms with van der Waals surface area (Å²) in [5.41, 5.74) is 0.635. The Morgan fingerprint density at radius 2 is 2.00 bits per heavy atom. The molecule has 120 valence electrons. The van der Waals surface area contributed by atoms with Gasteiger partial charge >= 0.3 is 5.97 Å². The summed E-state index contributed by atoms with van der Waals surface area (Å²) in [7, 11) is 1.26. The van der Waals surface area contributed by atoms with Crippen molar-refractivity contribution in [3.8, 4) is 5.75 Å². The van der Waals surface area contributed by atoms with E-state index < -0.39 is 17.7 Å². The molecule has 0 spiro atoms. The number of rotatable bonds is 5. The number of halogens is 2. The molecular weight excluding hydrogens is 369 g/mol. The van der Waals surface area contributed by atoms with Gasteiger partial charge in [-0.25, -0.2) is 9.18 Å². The molecule has 0 aliphatic rings. The smallest absolute Gasteiger partial charge is 0.343 e. The number of methoxy groups -OCH3 is 1. The Balaban J connectivity index is 2.07. The first-order chi connectivity index (χ1) is 11.0. The second kappa shape index (κ2) is 7.73. The van der Waals surface area contributed by atoms with Gasteiger partial charge < -0.3 is 14.8 Å². The lowest BCUT2D eigenvalue weighted by atomic mass is 10.2. The Hall–Kier alpha value is -2.41. The van der Waals surface area contributed by atoms with E-state index in [1.807, 2.05) is 0 Å². The fourth-order valence-electron chi connectivity index (χ4n) is 1.75. The number of hydrogen-bond acceptors (Lipinski definition) is 4. The van der Waals surface area contributed by atoms with Gasteiger partial charge in [0.15, 0.2) is 6.61 Å². The van der Waals surface area contributed by atoms with Crippen LogP contribution in [0.5, 0.6) is 5.75 Å². The highest BCUT2D eigenvalue weighted by molar-refractivity contribution is 9.10. The third-order valence-electron chi connectivity index (χ3n) is 2.80. The third kappa shape index (κ3) is 5.07. The molecule has 0 heterocycles. The lowest BCUT2D eigenvalue weighted by Gasteiger charge is -2.09. The zero-order valence-electron chi connectivity index (χ0n) is 12.1. The number of esters is 1. The lowest BCUT2D eigenvalue weighted by molar-refractivity contribution is -0.142. The molecule has 0 aliphatic heterocycles. The molecular formula is C16H13BrFNO4. The van der Waals surface area contributed by atoms with E-state index in [1.54, 1.807) is 24.3 Å². The van der Waals surface area contributed by atoms with Crippen molar-refractivity contribution in [3.63, 3.8) is 0 Å². The number of anilines is 1. The fraction of sp³-hybridized carbons (Fsp3) is 0.125. The van der Waals surface area contributed by atoms with Gasteiger partial charge in [0.1, 0.15) is 11.6 Å². The quantitative estimate of drug-likeness (QED) is 0.806. The molecule has 7 heteroatoms. The predicted molar refractivity (Wildman–Crippen MR) is 86.0 cm³/mol. The molecule has 1 N–H and O–H groups in total. The fourth-order valence-corrected chi connectivity index (χ4v) is 2.22. The van der Waals surface area contributed by atoms with Gasteiger partial charge in [-0.3, -0.25) is 4.79 Å². The van der Waals surface area contributed by atoms with Crippen LogP contribution < -0.4 is 10.1 Å². The van der Waals surface area contributed by atoms with Crippen molar-refractivity contribution in [1.82, 2.24) is 0 Å². The minimum atomic E-state index is -0.514. The van der Waals surface area contributed by atoms with Crippen molar-refractivity contribution in [1.29, 1.82) is 0 Å². The highest BCUT2D eigenvalue weighted by Gasteiger charge is 2.10. The molecule has 1 amide bonds. The predicted octanol–water partition coefficient (Wildman–Crippen LogP) is 3.39. The molecule has 0 aromatic heterocycles. The van der Waals surface area contributed by atoms with Crippen molar-refractivity contribution < 1.29 is 23.5 Å². The van der Waals surface area contributed by atoms with Gasteiger partial charge in [0.05, 0.1) is 7.11 Å². The Labute approximate surface area is 140 Å². The summed E-state index contributed by atoms with van der Waals surface area (Å²) in [5, 5.41) is 2.63. The molecule has 0 radical (unpaired) electrons. The van der Waals surface area contributed by atoms with E-state index in [1.165, 1.54) is 19.2 Å². The summed E-state index contributed by atoms with van der Waals surface area (Å²) in [5.74, 6) is -1.09. The molecule has 0 unspecified atom stereocenters. The highest BCUT2D eigenvalue weighted by atomic mass is 79.9.